The van der Waals surface area contributed by atoms with Crippen LogP contribution in [-0.2, 0) is 6.42 Å². The van der Waals surface area contributed by atoms with Gasteiger partial charge < -0.3 is 5.11 Å². The SMILES string of the molecule is OCC1CCC(Cc2ccccc2Cl)CC1. The molecule has 0 atom stereocenters. The fourth-order valence-corrected chi connectivity index (χ4v) is 2.81. The Morgan fingerprint density at radius 3 is 2.31 bits per heavy atom. The van der Waals surface area contributed by atoms with Gasteiger partial charge >= 0.3 is 0 Å². The number of aliphatic hydroxyl groups excluding tert-OH is 1. The van der Waals surface area contributed by atoms with E-state index in [0.717, 1.165) is 17.4 Å². The highest BCUT2D eigenvalue weighted by Gasteiger charge is 2.21. The second-order valence-electron chi connectivity index (χ2n) is 4.86. The summed E-state index contributed by atoms with van der Waals surface area (Å²) in [5.74, 6) is 1.30. The lowest BCUT2D eigenvalue weighted by Crippen LogP contribution is -2.18. The zero-order valence-electron chi connectivity index (χ0n) is 9.53. The molecule has 0 bridgehead atoms. The van der Waals surface area contributed by atoms with Crippen molar-refractivity contribution < 1.29 is 5.11 Å². The molecule has 1 fully saturated rings. The number of hydrogen-bond acceptors (Lipinski definition) is 1. The van der Waals surface area contributed by atoms with Crippen LogP contribution in [0.15, 0.2) is 24.3 Å². The minimum Gasteiger partial charge on any atom is -0.396 e. The highest BCUT2D eigenvalue weighted by molar-refractivity contribution is 6.31. The molecule has 1 nitrogen and oxygen atoms in total. The van der Waals surface area contributed by atoms with Gasteiger partial charge in [-0.3, -0.25) is 0 Å². The lowest BCUT2D eigenvalue weighted by Gasteiger charge is -2.27. The van der Waals surface area contributed by atoms with E-state index in [1.165, 1.54) is 31.2 Å². The van der Waals surface area contributed by atoms with E-state index in [9.17, 15) is 0 Å². The van der Waals surface area contributed by atoms with Crippen molar-refractivity contribution >= 4 is 11.6 Å². The molecule has 1 aromatic rings. The second kappa shape index (κ2) is 5.70. The zero-order chi connectivity index (χ0) is 11.4. The highest BCUT2D eigenvalue weighted by atomic mass is 35.5. The number of benzene rings is 1. The van der Waals surface area contributed by atoms with Gasteiger partial charge in [0, 0.05) is 11.6 Å². The summed E-state index contributed by atoms with van der Waals surface area (Å²) in [6, 6.07) is 8.13. The number of rotatable bonds is 3. The van der Waals surface area contributed by atoms with Crippen molar-refractivity contribution in [2.24, 2.45) is 11.8 Å². The first kappa shape index (κ1) is 11.9. The molecule has 16 heavy (non-hydrogen) atoms. The first-order valence-electron chi connectivity index (χ1n) is 6.14. The van der Waals surface area contributed by atoms with Crippen LogP contribution in [0.1, 0.15) is 31.2 Å². The van der Waals surface area contributed by atoms with E-state index in [2.05, 4.69) is 12.1 Å². The van der Waals surface area contributed by atoms with Crippen molar-refractivity contribution in [1.29, 1.82) is 0 Å². The molecule has 0 heterocycles. The van der Waals surface area contributed by atoms with Crippen LogP contribution in [0.5, 0.6) is 0 Å². The molecule has 2 heteroatoms. The van der Waals surface area contributed by atoms with Gasteiger partial charge in [0.1, 0.15) is 0 Å². The van der Waals surface area contributed by atoms with Gasteiger partial charge in [0.2, 0.25) is 0 Å². The van der Waals surface area contributed by atoms with Crippen LogP contribution >= 0.6 is 11.6 Å². The van der Waals surface area contributed by atoms with Crippen molar-refractivity contribution in [1.82, 2.24) is 0 Å². The van der Waals surface area contributed by atoms with E-state index in [0.29, 0.717) is 12.5 Å². The lowest BCUT2D eigenvalue weighted by molar-refractivity contribution is 0.167. The van der Waals surface area contributed by atoms with E-state index in [1.807, 2.05) is 12.1 Å². The molecule has 0 spiro atoms. The average molecular weight is 239 g/mol. The first-order valence-corrected chi connectivity index (χ1v) is 6.51. The molecule has 0 unspecified atom stereocenters. The molecular formula is C14H19ClO. The maximum atomic E-state index is 9.09. The second-order valence-corrected chi connectivity index (χ2v) is 5.27. The molecule has 1 aliphatic rings. The van der Waals surface area contributed by atoms with E-state index in [1.54, 1.807) is 0 Å². The van der Waals surface area contributed by atoms with Gasteiger partial charge in [-0.25, -0.2) is 0 Å². The molecule has 1 N–H and O–H groups in total. The molecule has 1 aromatic carbocycles. The summed E-state index contributed by atoms with van der Waals surface area (Å²) in [5, 5.41) is 9.99. The third-order valence-electron chi connectivity index (χ3n) is 3.69. The fraction of sp³-hybridized carbons (Fsp3) is 0.571. The standard InChI is InChI=1S/C14H19ClO/c15-14-4-2-1-3-13(14)9-11-5-7-12(10-16)8-6-11/h1-4,11-12,16H,5-10H2. The fourth-order valence-electron chi connectivity index (χ4n) is 2.59. The van der Waals surface area contributed by atoms with Crippen LogP contribution in [0, 0.1) is 11.8 Å². The number of aliphatic hydroxyl groups is 1. The monoisotopic (exact) mass is 238 g/mol. The van der Waals surface area contributed by atoms with E-state index in [4.69, 9.17) is 16.7 Å². The maximum Gasteiger partial charge on any atom is 0.0459 e. The third-order valence-corrected chi connectivity index (χ3v) is 4.06. The van der Waals surface area contributed by atoms with Crippen LogP contribution in [0.3, 0.4) is 0 Å². The molecule has 0 aromatic heterocycles. The summed E-state index contributed by atoms with van der Waals surface area (Å²) >= 11 is 6.16. The Kier molecular flexibility index (Phi) is 4.25. The lowest BCUT2D eigenvalue weighted by atomic mass is 9.79. The third kappa shape index (κ3) is 2.99. The molecule has 0 aliphatic heterocycles. The maximum absolute atomic E-state index is 9.09. The Bertz CT molecular complexity index is 329. The predicted molar refractivity (Wildman–Crippen MR) is 67.7 cm³/mol. The van der Waals surface area contributed by atoms with Gasteiger partial charge in [-0.05, 0) is 55.6 Å². The zero-order valence-corrected chi connectivity index (χ0v) is 10.3. The van der Waals surface area contributed by atoms with Crippen LogP contribution < -0.4 is 0 Å². The summed E-state index contributed by atoms with van der Waals surface area (Å²) in [4.78, 5) is 0. The van der Waals surface area contributed by atoms with Gasteiger partial charge in [-0.15, -0.1) is 0 Å². The summed E-state index contributed by atoms with van der Waals surface area (Å²) in [7, 11) is 0. The van der Waals surface area contributed by atoms with E-state index in [-0.39, 0.29) is 0 Å². The van der Waals surface area contributed by atoms with Crippen LogP contribution in [0.25, 0.3) is 0 Å². The highest BCUT2D eigenvalue weighted by Crippen LogP contribution is 2.32. The molecule has 0 saturated heterocycles. The van der Waals surface area contributed by atoms with Crippen LogP contribution in [0.2, 0.25) is 5.02 Å². The molecule has 2 rings (SSSR count). The molecule has 0 amide bonds. The Hall–Kier alpha value is -0.530. The smallest absolute Gasteiger partial charge is 0.0459 e. The summed E-state index contributed by atoms with van der Waals surface area (Å²) in [5.41, 5.74) is 1.27. The van der Waals surface area contributed by atoms with E-state index >= 15 is 0 Å². The predicted octanol–water partition coefficient (Wildman–Crippen LogP) is 3.68. The number of hydrogen-bond donors (Lipinski definition) is 1. The van der Waals surface area contributed by atoms with Gasteiger partial charge in [0.25, 0.3) is 0 Å². The quantitative estimate of drug-likeness (QED) is 0.852. The van der Waals surface area contributed by atoms with Gasteiger partial charge in [0.05, 0.1) is 0 Å². The molecule has 1 aliphatic carbocycles. The van der Waals surface area contributed by atoms with Crippen molar-refractivity contribution in [3.63, 3.8) is 0 Å². The van der Waals surface area contributed by atoms with Gasteiger partial charge in [0.15, 0.2) is 0 Å². The molecular weight excluding hydrogens is 220 g/mol. The van der Waals surface area contributed by atoms with Gasteiger partial charge in [-0.1, -0.05) is 29.8 Å². The summed E-state index contributed by atoms with van der Waals surface area (Å²) in [6.45, 7) is 0.360. The Morgan fingerprint density at radius 1 is 1.06 bits per heavy atom. The Morgan fingerprint density at radius 2 is 1.69 bits per heavy atom. The van der Waals surface area contributed by atoms with Crippen LogP contribution in [0.4, 0.5) is 0 Å². The van der Waals surface area contributed by atoms with Crippen molar-refractivity contribution in [2.75, 3.05) is 6.61 Å². The van der Waals surface area contributed by atoms with Crippen molar-refractivity contribution in [3.8, 4) is 0 Å². The average Bonchev–Trinajstić information content (AvgIpc) is 2.33. The number of halogens is 1. The molecule has 1 saturated carbocycles. The topological polar surface area (TPSA) is 20.2 Å². The largest absolute Gasteiger partial charge is 0.396 e. The summed E-state index contributed by atoms with van der Waals surface area (Å²) in [6.07, 6.45) is 5.90. The normalized spacial score (nSPS) is 25.6. The van der Waals surface area contributed by atoms with Crippen molar-refractivity contribution in [3.05, 3.63) is 34.9 Å². The Labute approximate surface area is 102 Å². The molecule has 88 valence electrons. The summed E-state index contributed by atoms with van der Waals surface area (Å²) < 4.78 is 0. The minimum absolute atomic E-state index is 0.360. The molecule has 0 radical (unpaired) electrons. The first-order chi connectivity index (χ1) is 7.79. The minimum atomic E-state index is 0.360. The Balaban J connectivity index is 1.89. The van der Waals surface area contributed by atoms with Gasteiger partial charge in [-0.2, -0.15) is 0 Å². The van der Waals surface area contributed by atoms with E-state index < -0.39 is 0 Å². The van der Waals surface area contributed by atoms with Crippen molar-refractivity contribution in [2.45, 2.75) is 32.1 Å². The van der Waals surface area contributed by atoms with Crippen LogP contribution in [-0.4, -0.2) is 11.7 Å².